The van der Waals surface area contributed by atoms with Crippen molar-refractivity contribution >= 4 is 0 Å². The van der Waals surface area contributed by atoms with Gasteiger partial charge in [0.25, 0.3) is 0 Å². The summed E-state index contributed by atoms with van der Waals surface area (Å²) in [5.74, 6) is 1.63. The molecule has 0 saturated carbocycles. The zero-order valence-corrected chi connectivity index (χ0v) is 9.71. The number of nitrogens with one attached hydrogen (secondary N) is 1. The van der Waals surface area contributed by atoms with E-state index >= 15 is 0 Å². The Bertz CT molecular complexity index is 471. The molecule has 4 nitrogen and oxygen atoms in total. The molecule has 0 spiro atoms. The normalized spacial score (nSPS) is 19.6. The van der Waals surface area contributed by atoms with Crippen LogP contribution in [0.25, 0.3) is 0 Å². The van der Waals surface area contributed by atoms with Crippen LogP contribution in [-0.2, 0) is 6.54 Å². The molecular weight excluding hydrogens is 212 g/mol. The monoisotopic (exact) mass is 228 g/mol. The van der Waals surface area contributed by atoms with E-state index in [1.165, 1.54) is 5.56 Å². The summed E-state index contributed by atoms with van der Waals surface area (Å²) in [5, 5.41) is 7.70. The standard InChI is InChI=1S/C13H16N4/c1-2-4-11(5-3-1)9-17-13(15-10-16-17)12-6-7-14-8-12/h1-5,10,12,14H,6-9H2. The van der Waals surface area contributed by atoms with Crippen LogP contribution in [0.5, 0.6) is 0 Å². The van der Waals surface area contributed by atoms with Crippen molar-refractivity contribution in [3.8, 4) is 0 Å². The van der Waals surface area contributed by atoms with E-state index in [9.17, 15) is 0 Å². The Morgan fingerprint density at radius 2 is 2.18 bits per heavy atom. The number of aromatic nitrogens is 3. The maximum Gasteiger partial charge on any atom is 0.138 e. The van der Waals surface area contributed by atoms with Gasteiger partial charge in [-0.15, -0.1) is 0 Å². The minimum atomic E-state index is 0.515. The number of hydrogen-bond donors (Lipinski definition) is 1. The zero-order chi connectivity index (χ0) is 11.5. The van der Waals surface area contributed by atoms with Gasteiger partial charge in [-0.3, -0.25) is 0 Å². The lowest BCUT2D eigenvalue weighted by Gasteiger charge is -2.10. The highest BCUT2D eigenvalue weighted by Crippen LogP contribution is 2.20. The summed E-state index contributed by atoms with van der Waals surface area (Å²) in [4.78, 5) is 4.41. The molecule has 1 aliphatic rings. The van der Waals surface area contributed by atoms with E-state index < -0.39 is 0 Å². The molecule has 3 rings (SSSR count). The van der Waals surface area contributed by atoms with Gasteiger partial charge < -0.3 is 5.32 Å². The fourth-order valence-electron chi connectivity index (χ4n) is 2.34. The number of hydrogen-bond acceptors (Lipinski definition) is 3. The quantitative estimate of drug-likeness (QED) is 0.863. The summed E-state index contributed by atoms with van der Waals surface area (Å²) >= 11 is 0. The van der Waals surface area contributed by atoms with Gasteiger partial charge in [0.05, 0.1) is 6.54 Å². The van der Waals surface area contributed by atoms with Crippen LogP contribution in [0.2, 0.25) is 0 Å². The van der Waals surface area contributed by atoms with E-state index in [2.05, 4.69) is 39.7 Å². The van der Waals surface area contributed by atoms with Gasteiger partial charge in [0, 0.05) is 12.5 Å². The summed E-state index contributed by atoms with van der Waals surface area (Å²) < 4.78 is 2.02. The Hall–Kier alpha value is -1.68. The molecule has 1 aromatic carbocycles. The highest BCUT2D eigenvalue weighted by Gasteiger charge is 2.21. The molecule has 0 aliphatic carbocycles. The first-order chi connectivity index (χ1) is 8.43. The molecule has 1 aliphatic heterocycles. The molecule has 2 heterocycles. The maximum absolute atomic E-state index is 4.41. The second-order valence-electron chi connectivity index (χ2n) is 4.45. The van der Waals surface area contributed by atoms with Crippen molar-refractivity contribution in [3.05, 3.63) is 48.0 Å². The Labute approximate surface area is 101 Å². The van der Waals surface area contributed by atoms with Crippen molar-refractivity contribution in [2.45, 2.75) is 18.9 Å². The van der Waals surface area contributed by atoms with Crippen LogP contribution < -0.4 is 5.32 Å². The predicted molar refractivity (Wildman–Crippen MR) is 65.8 cm³/mol. The molecular formula is C13H16N4. The Morgan fingerprint density at radius 3 is 2.94 bits per heavy atom. The highest BCUT2D eigenvalue weighted by molar-refractivity contribution is 5.15. The van der Waals surface area contributed by atoms with Crippen LogP contribution in [0.4, 0.5) is 0 Å². The number of rotatable bonds is 3. The second-order valence-corrected chi connectivity index (χ2v) is 4.45. The van der Waals surface area contributed by atoms with E-state index in [0.29, 0.717) is 5.92 Å². The topological polar surface area (TPSA) is 42.7 Å². The minimum Gasteiger partial charge on any atom is -0.316 e. The van der Waals surface area contributed by atoms with Crippen molar-refractivity contribution in [1.29, 1.82) is 0 Å². The van der Waals surface area contributed by atoms with Gasteiger partial charge in [-0.2, -0.15) is 5.10 Å². The Balaban J connectivity index is 1.81. The average Bonchev–Trinajstić information content (AvgIpc) is 3.00. The largest absolute Gasteiger partial charge is 0.316 e. The third-order valence-corrected chi connectivity index (χ3v) is 3.25. The van der Waals surface area contributed by atoms with Gasteiger partial charge in [0.2, 0.25) is 0 Å². The van der Waals surface area contributed by atoms with Crippen LogP contribution in [0.1, 0.15) is 23.7 Å². The lowest BCUT2D eigenvalue weighted by atomic mass is 10.1. The SMILES string of the molecule is c1ccc(Cn2ncnc2C2CCNC2)cc1. The molecule has 1 unspecified atom stereocenters. The van der Waals surface area contributed by atoms with Crippen LogP contribution in [0, 0.1) is 0 Å². The molecule has 17 heavy (non-hydrogen) atoms. The fourth-order valence-corrected chi connectivity index (χ4v) is 2.34. The second kappa shape index (κ2) is 4.67. The molecule has 0 amide bonds. The van der Waals surface area contributed by atoms with Gasteiger partial charge >= 0.3 is 0 Å². The van der Waals surface area contributed by atoms with Crippen LogP contribution >= 0.6 is 0 Å². The van der Waals surface area contributed by atoms with E-state index in [0.717, 1.165) is 31.9 Å². The van der Waals surface area contributed by atoms with Crippen LogP contribution in [-0.4, -0.2) is 27.9 Å². The summed E-state index contributed by atoms with van der Waals surface area (Å²) in [6, 6.07) is 10.4. The van der Waals surface area contributed by atoms with Crippen LogP contribution in [0.15, 0.2) is 36.7 Å². The van der Waals surface area contributed by atoms with Crippen molar-refractivity contribution in [2.24, 2.45) is 0 Å². The van der Waals surface area contributed by atoms with Gasteiger partial charge in [-0.05, 0) is 18.5 Å². The summed E-state index contributed by atoms with van der Waals surface area (Å²) in [6.07, 6.45) is 2.82. The summed E-state index contributed by atoms with van der Waals surface area (Å²) in [6.45, 7) is 2.92. The molecule has 1 N–H and O–H groups in total. The minimum absolute atomic E-state index is 0.515. The van der Waals surface area contributed by atoms with E-state index in [1.54, 1.807) is 6.33 Å². The van der Waals surface area contributed by atoms with Gasteiger partial charge in [-0.25, -0.2) is 9.67 Å². The first kappa shape index (κ1) is 10.5. The van der Waals surface area contributed by atoms with Crippen LogP contribution in [0.3, 0.4) is 0 Å². The van der Waals surface area contributed by atoms with E-state index in [1.807, 2.05) is 10.7 Å². The third kappa shape index (κ3) is 2.22. The van der Waals surface area contributed by atoms with Crippen molar-refractivity contribution in [3.63, 3.8) is 0 Å². The van der Waals surface area contributed by atoms with E-state index in [4.69, 9.17) is 0 Å². The molecule has 2 aromatic rings. The van der Waals surface area contributed by atoms with Crippen molar-refractivity contribution in [1.82, 2.24) is 20.1 Å². The van der Waals surface area contributed by atoms with Crippen molar-refractivity contribution in [2.75, 3.05) is 13.1 Å². The molecule has 88 valence electrons. The van der Waals surface area contributed by atoms with Gasteiger partial charge in [0.1, 0.15) is 12.2 Å². The first-order valence-corrected chi connectivity index (χ1v) is 6.06. The predicted octanol–water partition coefficient (Wildman–Crippen LogP) is 1.40. The molecule has 4 heteroatoms. The summed E-state index contributed by atoms with van der Waals surface area (Å²) in [7, 11) is 0. The third-order valence-electron chi connectivity index (χ3n) is 3.25. The number of nitrogens with zero attached hydrogens (tertiary/aromatic N) is 3. The first-order valence-electron chi connectivity index (χ1n) is 6.06. The Kier molecular flexibility index (Phi) is 2.88. The zero-order valence-electron chi connectivity index (χ0n) is 9.71. The van der Waals surface area contributed by atoms with Gasteiger partial charge in [-0.1, -0.05) is 30.3 Å². The number of benzene rings is 1. The maximum atomic E-state index is 4.41. The molecule has 1 aromatic heterocycles. The molecule has 0 bridgehead atoms. The molecule has 1 atom stereocenters. The van der Waals surface area contributed by atoms with Gasteiger partial charge in [0.15, 0.2) is 0 Å². The smallest absolute Gasteiger partial charge is 0.138 e. The fraction of sp³-hybridized carbons (Fsp3) is 0.385. The summed E-state index contributed by atoms with van der Waals surface area (Å²) in [5.41, 5.74) is 1.27. The lowest BCUT2D eigenvalue weighted by Crippen LogP contribution is -2.14. The highest BCUT2D eigenvalue weighted by atomic mass is 15.3. The molecule has 1 saturated heterocycles. The lowest BCUT2D eigenvalue weighted by molar-refractivity contribution is 0.585. The van der Waals surface area contributed by atoms with E-state index in [-0.39, 0.29) is 0 Å². The molecule has 0 radical (unpaired) electrons. The molecule has 1 fully saturated rings. The average molecular weight is 228 g/mol. The van der Waals surface area contributed by atoms with Crippen molar-refractivity contribution < 1.29 is 0 Å². The Morgan fingerprint density at radius 1 is 1.29 bits per heavy atom.